The normalized spacial score (nSPS) is 18.5. The maximum Gasteiger partial charge on any atom is 0.130 e. The highest BCUT2D eigenvalue weighted by atomic mass is 19.1. The third kappa shape index (κ3) is 3.01. The van der Waals surface area contributed by atoms with Gasteiger partial charge in [0.05, 0.1) is 0 Å². The Morgan fingerprint density at radius 1 is 1.29 bits per heavy atom. The molecule has 1 aliphatic carbocycles. The van der Waals surface area contributed by atoms with Crippen LogP contribution in [0.15, 0.2) is 18.2 Å². The van der Waals surface area contributed by atoms with E-state index in [1.165, 1.54) is 37.8 Å². The van der Waals surface area contributed by atoms with Gasteiger partial charge >= 0.3 is 0 Å². The molecule has 1 unspecified atom stereocenters. The molecule has 0 bridgehead atoms. The predicted molar refractivity (Wildman–Crippen MR) is 63.0 cm³/mol. The van der Waals surface area contributed by atoms with E-state index in [9.17, 15) is 8.78 Å². The Bertz CT molecular complexity index is 376. The van der Waals surface area contributed by atoms with E-state index in [2.05, 4.69) is 5.43 Å². The van der Waals surface area contributed by atoms with Gasteiger partial charge < -0.3 is 0 Å². The van der Waals surface area contributed by atoms with Crippen LogP contribution in [0.2, 0.25) is 0 Å². The second kappa shape index (κ2) is 5.56. The third-order valence-electron chi connectivity index (χ3n) is 3.58. The fourth-order valence-electron chi connectivity index (χ4n) is 2.65. The largest absolute Gasteiger partial charge is 0.271 e. The minimum Gasteiger partial charge on any atom is -0.271 e. The second-order valence-electron chi connectivity index (χ2n) is 4.77. The number of benzene rings is 1. The zero-order valence-corrected chi connectivity index (χ0v) is 9.76. The van der Waals surface area contributed by atoms with Crippen molar-refractivity contribution in [3.63, 3.8) is 0 Å². The van der Waals surface area contributed by atoms with Crippen LogP contribution in [0.25, 0.3) is 0 Å². The lowest BCUT2D eigenvalue weighted by molar-refractivity contribution is 0.389. The van der Waals surface area contributed by atoms with Crippen molar-refractivity contribution in [3.05, 3.63) is 35.4 Å². The molecule has 0 aromatic heterocycles. The van der Waals surface area contributed by atoms with Gasteiger partial charge in [-0.05, 0) is 18.4 Å². The van der Waals surface area contributed by atoms with Crippen molar-refractivity contribution in [2.75, 3.05) is 0 Å². The first-order valence-electron chi connectivity index (χ1n) is 6.12. The average molecular weight is 240 g/mol. The number of hydrogen-bond acceptors (Lipinski definition) is 2. The highest BCUT2D eigenvalue weighted by molar-refractivity contribution is 5.22. The van der Waals surface area contributed by atoms with Crippen molar-refractivity contribution in [1.82, 2.24) is 5.43 Å². The number of halogens is 2. The van der Waals surface area contributed by atoms with Gasteiger partial charge in [0.1, 0.15) is 11.6 Å². The molecule has 94 valence electrons. The third-order valence-corrected chi connectivity index (χ3v) is 3.58. The molecule has 1 aliphatic rings. The minimum atomic E-state index is -0.553. The first-order valence-corrected chi connectivity index (χ1v) is 6.12. The summed E-state index contributed by atoms with van der Waals surface area (Å²) in [5.74, 6) is 5.00. The smallest absolute Gasteiger partial charge is 0.130 e. The van der Waals surface area contributed by atoms with Crippen LogP contribution >= 0.6 is 0 Å². The SMILES string of the molecule is NNC(CC1CCCC1)c1ccc(F)cc1F. The highest BCUT2D eigenvalue weighted by Gasteiger charge is 2.22. The summed E-state index contributed by atoms with van der Waals surface area (Å²) in [5, 5.41) is 0. The van der Waals surface area contributed by atoms with Gasteiger partial charge in [-0.2, -0.15) is 0 Å². The first kappa shape index (κ1) is 12.5. The molecule has 1 aromatic carbocycles. The molecule has 0 saturated heterocycles. The predicted octanol–water partition coefficient (Wildman–Crippen LogP) is 3.05. The van der Waals surface area contributed by atoms with Gasteiger partial charge in [-0.1, -0.05) is 31.7 Å². The molecule has 17 heavy (non-hydrogen) atoms. The summed E-state index contributed by atoms with van der Waals surface area (Å²) in [6.07, 6.45) is 5.67. The molecular formula is C13H18F2N2. The van der Waals surface area contributed by atoms with E-state index >= 15 is 0 Å². The van der Waals surface area contributed by atoms with Crippen molar-refractivity contribution in [3.8, 4) is 0 Å². The molecular weight excluding hydrogens is 222 g/mol. The number of nitrogens with two attached hydrogens (primary N) is 1. The number of nitrogens with one attached hydrogen (secondary N) is 1. The Kier molecular flexibility index (Phi) is 4.07. The summed E-state index contributed by atoms with van der Waals surface area (Å²) in [6.45, 7) is 0. The zero-order chi connectivity index (χ0) is 12.3. The Morgan fingerprint density at radius 2 is 2.00 bits per heavy atom. The number of hydrogen-bond donors (Lipinski definition) is 2. The average Bonchev–Trinajstić information content (AvgIpc) is 2.79. The number of rotatable bonds is 4. The fraction of sp³-hybridized carbons (Fsp3) is 0.538. The van der Waals surface area contributed by atoms with Crippen molar-refractivity contribution in [1.29, 1.82) is 0 Å². The maximum absolute atomic E-state index is 13.6. The van der Waals surface area contributed by atoms with Gasteiger partial charge in [0, 0.05) is 17.7 Å². The van der Waals surface area contributed by atoms with E-state index in [1.807, 2.05) is 0 Å². The topological polar surface area (TPSA) is 38.0 Å². The second-order valence-corrected chi connectivity index (χ2v) is 4.77. The Labute approximate surface area is 100 Å². The van der Waals surface area contributed by atoms with E-state index in [0.29, 0.717) is 11.5 Å². The van der Waals surface area contributed by atoms with Gasteiger partial charge in [-0.15, -0.1) is 0 Å². The summed E-state index contributed by atoms with van der Waals surface area (Å²) < 4.78 is 26.5. The van der Waals surface area contributed by atoms with Crippen molar-refractivity contribution < 1.29 is 8.78 Å². The molecule has 0 spiro atoms. The molecule has 0 amide bonds. The van der Waals surface area contributed by atoms with Gasteiger partial charge in [0.15, 0.2) is 0 Å². The zero-order valence-electron chi connectivity index (χ0n) is 9.76. The van der Waals surface area contributed by atoms with Gasteiger partial charge in [0.2, 0.25) is 0 Å². The lowest BCUT2D eigenvalue weighted by atomic mass is 9.94. The molecule has 0 heterocycles. The Hall–Kier alpha value is -1.00. The molecule has 1 aromatic rings. The lowest BCUT2D eigenvalue weighted by Crippen LogP contribution is -2.30. The van der Waals surface area contributed by atoms with Crippen LogP contribution in [-0.2, 0) is 0 Å². The quantitative estimate of drug-likeness (QED) is 0.627. The van der Waals surface area contributed by atoms with E-state index < -0.39 is 11.6 Å². The van der Waals surface area contributed by atoms with E-state index in [4.69, 9.17) is 5.84 Å². The molecule has 0 aliphatic heterocycles. The lowest BCUT2D eigenvalue weighted by Gasteiger charge is -2.20. The van der Waals surface area contributed by atoms with Gasteiger partial charge in [-0.25, -0.2) is 8.78 Å². The minimum absolute atomic E-state index is 0.223. The van der Waals surface area contributed by atoms with Crippen LogP contribution < -0.4 is 11.3 Å². The molecule has 1 fully saturated rings. The van der Waals surface area contributed by atoms with Crippen molar-refractivity contribution >= 4 is 0 Å². The van der Waals surface area contributed by atoms with Gasteiger partial charge in [-0.3, -0.25) is 11.3 Å². The van der Waals surface area contributed by atoms with Gasteiger partial charge in [0.25, 0.3) is 0 Å². The molecule has 4 heteroatoms. The van der Waals surface area contributed by atoms with Crippen molar-refractivity contribution in [2.24, 2.45) is 11.8 Å². The van der Waals surface area contributed by atoms with Crippen LogP contribution in [0, 0.1) is 17.6 Å². The van der Waals surface area contributed by atoms with Crippen LogP contribution in [0.4, 0.5) is 8.78 Å². The molecule has 0 radical (unpaired) electrons. The summed E-state index contributed by atoms with van der Waals surface area (Å²) in [6, 6.07) is 3.44. The van der Waals surface area contributed by atoms with E-state index in [0.717, 1.165) is 12.5 Å². The van der Waals surface area contributed by atoms with Crippen LogP contribution in [-0.4, -0.2) is 0 Å². The Balaban J connectivity index is 2.10. The van der Waals surface area contributed by atoms with Crippen LogP contribution in [0.1, 0.15) is 43.7 Å². The fourth-order valence-corrected chi connectivity index (χ4v) is 2.65. The molecule has 3 N–H and O–H groups in total. The molecule has 1 saturated carbocycles. The summed E-state index contributed by atoms with van der Waals surface area (Å²) in [7, 11) is 0. The molecule has 2 rings (SSSR count). The number of hydrazine groups is 1. The Morgan fingerprint density at radius 3 is 2.59 bits per heavy atom. The van der Waals surface area contributed by atoms with Crippen LogP contribution in [0.5, 0.6) is 0 Å². The summed E-state index contributed by atoms with van der Waals surface area (Å²) in [4.78, 5) is 0. The van der Waals surface area contributed by atoms with E-state index in [-0.39, 0.29) is 6.04 Å². The van der Waals surface area contributed by atoms with Crippen LogP contribution in [0.3, 0.4) is 0 Å². The molecule has 1 atom stereocenters. The standard InChI is InChI=1S/C13H18F2N2/c14-10-5-6-11(12(15)8-10)13(17-16)7-9-3-1-2-4-9/h5-6,8-9,13,17H,1-4,7,16H2. The van der Waals surface area contributed by atoms with E-state index in [1.54, 1.807) is 0 Å². The molecule has 2 nitrogen and oxygen atoms in total. The van der Waals surface area contributed by atoms with Crippen molar-refractivity contribution in [2.45, 2.75) is 38.1 Å². The first-order chi connectivity index (χ1) is 8.20. The monoisotopic (exact) mass is 240 g/mol. The summed E-state index contributed by atoms with van der Waals surface area (Å²) >= 11 is 0. The highest BCUT2D eigenvalue weighted by Crippen LogP contribution is 2.33. The summed E-state index contributed by atoms with van der Waals surface area (Å²) in [5.41, 5.74) is 3.10. The maximum atomic E-state index is 13.6.